The molecule has 1 aromatic heterocycles. The number of esters is 1. The molecule has 0 bridgehead atoms. The molecular formula is C11H16N2O2S. The van der Waals surface area contributed by atoms with Gasteiger partial charge in [0.25, 0.3) is 0 Å². The van der Waals surface area contributed by atoms with Gasteiger partial charge in [0.1, 0.15) is 5.54 Å². The first-order valence-corrected chi connectivity index (χ1v) is 5.95. The third kappa shape index (κ3) is 3.83. The second-order valence-electron chi connectivity index (χ2n) is 3.69. The minimum atomic E-state index is -0.908. The number of hydrogen-bond donors (Lipinski definition) is 1. The van der Waals surface area contributed by atoms with Crippen molar-refractivity contribution in [2.75, 3.05) is 12.9 Å². The first-order chi connectivity index (χ1) is 7.56. The van der Waals surface area contributed by atoms with E-state index in [2.05, 4.69) is 9.72 Å². The van der Waals surface area contributed by atoms with Crippen LogP contribution in [0.3, 0.4) is 0 Å². The standard InChI is InChI=1S/C11H16N2O2S/c1-11(12,10(14)15-2)5-8-16-9-3-6-13-7-4-9/h3-4,6-7H,5,8,12H2,1-2H3. The summed E-state index contributed by atoms with van der Waals surface area (Å²) in [5.74, 6) is 0.398. The fourth-order valence-electron chi connectivity index (χ4n) is 1.15. The molecule has 0 fully saturated rings. The molecule has 1 rings (SSSR count). The Kier molecular flexibility index (Phi) is 4.76. The third-order valence-electron chi connectivity index (χ3n) is 2.19. The quantitative estimate of drug-likeness (QED) is 0.623. The zero-order valence-electron chi connectivity index (χ0n) is 9.47. The van der Waals surface area contributed by atoms with Crippen molar-refractivity contribution < 1.29 is 9.53 Å². The lowest BCUT2D eigenvalue weighted by Gasteiger charge is -2.20. The monoisotopic (exact) mass is 240 g/mol. The van der Waals surface area contributed by atoms with Crippen LogP contribution in [-0.4, -0.2) is 29.4 Å². The number of carbonyl (C=O) groups is 1. The van der Waals surface area contributed by atoms with Crippen molar-refractivity contribution in [1.29, 1.82) is 0 Å². The molecule has 0 saturated carbocycles. The first kappa shape index (κ1) is 13.0. The summed E-state index contributed by atoms with van der Waals surface area (Å²) in [5, 5.41) is 0. The number of nitrogens with two attached hydrogens (primary N) is 1. The molecular weight excluding hydrogens is 224 g/mol. The van der Waals surface area contributed by atoms with Gasteiger partial charge < -0.3 is 10.5 Å². The minimum absolute atomic E-state index is 0.372. The van der Waals surface area contributed by atoms with Crippen LogP contribution in [0.1, 0.15) is 13.3 Å². The smallest absolute Gasteiger partial charge is 0.325 e. The molecule has 88 valence electrons. The van der Waals surface area contributed by atoms with E-state index in [0.717, 1.165) is 10.6 Å². The van der Waals surface area contributed by atoms with Crippen molar-refractivity contribution in [2.24, 2.45) is 5.73 Å². The molecule has 0 saturated heterocycles. The molecule has 0 aliphatic rings. The lowest BCUT2D eigenvalue weighted by atomic mass is 10.0. The Morgan fingerprint density at radius 3 is 2.75 bits per heavy atom. The molecule has 5 heteroatoms. The van der Waals surface area contributed by atoms with Gasteiger partial charge >= 0.3 is 5.97 Å². The molecule has 1 aromatic rings. The average Bonchev–Trinajstić information content (AvgIpc) is 2.29. The maximum absolute atomic E-state index is 11.3. The molecule has 0 aliphatic heterocycles. The predicted molar refractivity (Wildman–Crippen MR) is 64.2 cm³/mol. The molecule has 0 spiro atoms. The Bertz CT molecular complexity index is 341. The second kappa shape index (κ2) is 5.86. The zero-order valence-corrected chi connectivity index (χ0v) is 10.3. The highest BCUT2D eigenvalue weighted by atomic mass is 32.2. The SMILES string of the molecule is COC(=O)C(C)(N)CCSc1ccncc1. The molecule has 0 aliphatic carbocycles. The molecule has 0 amide bonds. The van der Waals surface area contributed by atoms with Gasteiger partial charge in [0.15, 0.2) is 0 Å². The van der Waals surface area contributed by atoms with Crippen LogP contribution in [0.2, 0.25) is 0 Å². The summed E-state index contributed by atoms with van der Waals surface area (Å²) in [7, 11) is 1.35. The largest absolute Gasteiger partial charge is 0.468 e. The Labute approximate surface area is 99.6 Å². The van der Waals surface area contributed by atoms with E-state index in [1.54, 1.807) is 31.1 Å². The van der Waals surface area contributed by atoms with Gasteiger partial charge in [0.05, 0.1) is 7.11 Å². The average molecular weight is 240 g/mol. The number of hydrogen-bond acceptors (Lipinski definition) is 5. The summed E-state index contributed by atoms with van der Waals surface area (Å²) >= 11 is 1.65. The summed E-state index contributed by atoms with van der Waals surface area (Å²) in [5.41, 5.74) is 4.93. The van der Waals surface area contributed by atoms with Crippen molar-refractivity contribution in [3.05, 3.63) is 24.5 Å². The number of carbonyl (C=O) groups excluding carboxylic acids is 1. The van der Waals surface area contributed by atoms with E-state index in [1.165, 1.54) is 7.11 Å². The van der Waals surface area contributed by atoms with Crippen LogP contribution in [0.25, 0.3) is 0 Å². The Morgan fingerprint density at radius 1 is 1.56 bits per heavy atom. The van der Waals surface area contributed by atoms with E-state index >= 15 is 0 Å². The topological polar surface area (TPSA) is 65.2 Å². The van der Waals surface area contributed by atoms with E-state index in [9.17, 15) is 4.79 Å². The van der Waals surface area contributed by atoms with Crippen LogP contribution in [-0.2, 0) is 9.53 Å². The van der Waals surface area contributed by atoms with Crippen molar-refractivity contribution in [3.8, 4) is 0 Å². The van der Waals surface area contributed by atoms with Gasteiger partial charge in [0.2, 0.25) is 0 Å². The maximum Gasteiger partial charge on any atom is 0.325 e. The van der Waals surface area contributed by atoms with Gasteiger partial charge in [-0.2, -0.15) is 0 Å². The van der Waals surface area contributed by atoms with Crippen molar-refractivity contribution >= 4 is 17.7 Å². The number of methoxy groups -OCH3 is 1. The molecule has 1 heterocycles. The number of thioether (sulfide) groups is 1. The summed E-state index contributed by atoms with van der Waals surface area (Å²) in [6.45, 7) is 1.69. The number of rotatable bonds is 5. The Morgan fingerprint density at radius 2 is 2.19 bits per heavy atom. The number of ether oxygens (including phenoxy) is 1. The van der Waals surface area contributed by atoms with Gasteiger partial charge in [-0.25, -0.2) is 0 Å². The summed E-state index contributed by atoms with van der Waals surface area (Å²) in [4.78, 5) is 16.4. The Balaban J connectivity index is 2.38. The van der Waals surface area contributed by atoms with E-state index < -0.39 is 5.54 Å². The van der Waals surface area contributed by atoms with E-state index in [-0.39, 0.29) is 5.97 Å². The number of nitrogens with zero attached hydrogens (tertiary/aromatic N) is 1. The van der Waals surface area contributed by atoms with Crippen LogP contribution in [0, 0.1) is 0 Å². The fraction of sp³-hybridized carbons (Fsp3) is 0.455. The minimum Gasteiger partial charge on any atom is -0.468 e. The van der Waals surface area contributed by atoms with Crippen molar-refractivity contribution in [3.63, 3.8) is 0 Å². The van der Waals surface area contributed by atoms with Crippen molar-refractivity contribution in [1.82, 2.24) is 4.98 Å². The van der Waals surface area contributed by atoms with Crippen molar-refractivity contribution in [2.45, 2.75) is 23.8 Å². The predicted octanol–water partition coefficient (Wildman–Crippen LogP) is 1.45. The van der Waals surface area contributed by atoms with Crippen LogP contribution in [0.4, 0.5) is 0 Å². The van der Waals surface area contributed by atoms with E-state index in [0.29, 0.717) is 6.42 Å². The molecule has 2 N–H and O–H groups in total. The molecule has 0 aromatic carbocycles. The summed E-state index contributed by atoms with van der Waals surface area (Å²) in [6.07, 6.45) is 4.06. The van der Waals surface area contributed by atoms with Gasteiger partial charge in [-0.3, -0.25) is 9.78 Å². The van der Waals surface area contributed by atoms with Gasteiger partial charge in [0, 0.05) is 23.0 Å². The molecule has 1 unspecified atom stereocenters. The fourth-order valence-corrected chi connectivity index (χ4v) is 2.23. The normalized spacial score (nSPS) is 14.2. The lowest BCUT2D eigenvalue weighted by Crippen LogP contribution is -2.46. The third-order valence-corrected chi connectivity index (χ3v) is 3.21. The second-order valence-corrected chi connectivity index (χ2v) is 4.86. The van der Waals surface area contributed by atoms with Crippen LogP contribution in [0.5, 0.6) is 0 Å². The van der Waals surface area contributed by atoms with Crippen LogP contribution < -0.4 is 5.73 Å². The maximum atomic E-state index is 11.3. The highest BCUT2D eigenvalue weighted by Crippen LogP contribution is 2.20. The molecule has 16 heavy (non-hydrogen) atoms. The van der Waals surface area contributed by atoms with Crippen LogP contribution in [0.15, 0.2) is 29.4 Å². The molecule has 4 nitrogen and oxygen atoms in total. The number of pyridine rings is 1. The van der Waals surface area contributed by atoms with E-state index in [4.69, 9.17) is 5.73 Å². The van der Waals surface area contributed by atoms with Gasteiger partial charge in [-0.05, 0) is 25.5 Å². The summed E-state index contributed by atoms with van der Waals surface area (Å²) in [6, 6.07) is 3.85. The number of aromatic nitrogens is 1. The lowest BCUT2D eigenvalue weighted by molar-refractivity contribution is -0.146. The first-order valence-electron chi connectivity index (χ1n) is 4.96. The summed E-state index contributed by atoms with van der Waals surface area (Å²) < 4.78 is 4.63. The van der Waals surface area contributed by atoms with Gasteiger partial charge in [-0.1, -0.05) is 0 Å². The van der Waals surface area contributed by atoms with E-state index in [1.807, 2.05) is 12.1 Å². The Hall–Kier alpha value is -1.07. The highest BCUT2D eigenvalue weighted by Gasteiger charge is 2.28. The zero-order chi connectivity index (χ0) is 12.0. The van der Waals surface area contributed by atoms with Crippen LogP contribution >= 0.6 is 11.8 Å². The molecule has 0 radical (unpaired) electrons. The van der Waals surface area contributed by atoms with Gasteiger partial charge in [-0.15, -0.1) is 11.8 Å². The highest BCUT2D eigenvalue weighted by molar-refractivity contribution is 7.99. The molecule has 1 atom stereocenters.